The van der Waals surface area contributed by atoms with Crippen LogP contribution in [0.15, 0.2) is 48.5 Å². The van der Waals surface area contributed by atoms with E-state index in [9.17, 15) is 9.59 Å². The molecule has 0 heterocycles. The zero-order valence-electron chi connectivity index (χ0n) is 19.2. The van der Waals surface area contributed by atoms with Crippen LogP contribution in [-0.4, -0.2) is 43.0 Å². The van der Waals surface area contributed by atoms with E-state index in [1.165, 1.54) is 5.56 Å². The van der Waals surface area contributed by atoms with Crippen molar-refractivity contribution in [3.63, 3.8) is 0 Å². The average molecular weight is 427 g/mol. The summed E-state index contributed by atoms with van der Waals surface area (Å²) in [5.74, 6) is 1.37. The van der Waals surface area contributed by atoms with Gasteiger partial charge in [-0.3, -0.25) is 9.59 Å². The number of rotatable bonds is 11. The van der Waals surface area contributed by atoms with Gasteiger partial charge in [-0.25, -0.2) is 0 Å². The van der Waals surface area contributed by atoms with Crippen LogP contribution >= 0.6 is 0 Å². The molecule has 0 radical (unpaired) electrons. The molecular weight excluding hydrogens is 392 g/mol. The molecule has 6 heteroatoms. The molecule has 0 aliphatic carbocycles. The van der Waals surface area contributed by atoms with Crippen LogP contribution in [0.1, 0.15) is 51.2 Å². The van der Waals surface area contributed by atoms with E-state index in [1.807, 2.05) is 55.5 Å². The fraction of sp³-hybridized carbons (Fsp3) is 0.440. The Kier molecular flexibility index (Phi) is 9.38. The number of benzene rings is 2. The second-order valence-corrected chi connectivity index (χ2v) is 7.85. The van der Waals surface area contributed by atoms with Gasteiger partial charge < -0.3 is 19.7 Å². The van der Waals surface area contributed by atoms with Gasteiger partial charge in [-0.2, -0.15) is 0 Å². The monoisotopic (exact) mass is 426 g/mol. The predicted octanol–water partition coefficient (Wildman–Crippen LogP) is 4.14. The number of nitrogens with zero attached hydrogens (tertiary/aromatic N) is 1. The molecule has 1 N–H and O–H groups in total. The second-order valence-electron chi connectivity index (χ2n) is 7.85. The first-order valence-electron chi connectivity index (χ1n) is 10.8. The van der Waals surface area contributed by atoms with Gasteiger partial charge in [0, 0.05) is 13.1 Å². The number of hydrogen-bond acceptors (Lipinski definition) is 4. The normalized spacial score (nSPS) is 11.7. The van der Waals surface area contributed by atoms with Crippen molar-refractivity contribution in [1.82, 2.24) is 10.2 Å². The summed E-state index contributed by atoms with van der Waals surface area (Å²) in [6.45, 7) is 8.73. The summed E-state index contributed by atoms with van der Waals surface area (Å²) in [7, 11) is 1.61. The number of carbonyl (C=O) groups is 2. The summed E-state index contributed by atoms with van der Waals surface area (Å²) in [5, 5.41) is 2.87. The first kappa shape index (κ1) is 24.3. The van der Waals surface area contributed by atoms with Crippen molar-refractivity contribution >= 4 is 11.8 Å². The highest BCUT2D eigenvalue weighted by Crippen LogP contribution is 2.19. The van der Waals surface area contributed by atoms with Crippen molar-refractivity contribution in [2.75, 3.05) is 20.3 Å². The number of carbonyl (C=O) groups excluding carboxylic acids is 2. The Labute approximate surface area is 185 Å². The smallest absolute Gasteiger partial charge is 0.261 e. The summed E-state index contributed by atoms with van der Waals surface area (Å²) >= 11 is 0. The molecule has 0 saturated heterocycles. The van der Waals surface area contributed by atoms with Crippen molar-refractivity contribution in [3.05, 3.63) is 59.7 Å². The van der Waals surface area contributed by atoms with Gasteiger partial charge in [-0.15, -0.1) is 0 Å². The van der Waals surface area contributed by atoms with Crippen LogP contribution in [0, 0.1) is 0 Å². The van der Waals surface area contributed by atoms with E-state index in [4.69, 9.17) is 9.47 Å². The highest BCUT2D eigenvalue weighted by Gasteiger charge is 2.26. The number of nitrogens with one attached hydrogen (secondary N) is 1. The minimum Gasteiger partial charge on any atom is -0.497 e. The third-order valence-corrected chi connectivity index (χ3v) is 5.14. The lowest BCUT2D eigenvalue weighted by Gasteiger charge is -2.28. The molecule has 2 rings (SSSR count). The van der Waals surface area contributed by atoms with Gasteiger partial charge in [0.25, 0.3) is 5.91 Å². The molecule has 0 aliphatic rings. The SMILES string of the molecule is CCCNC(=O)[C@@H](C)N(Cc1ccc(OC)cc1)C(=O)COc1ccc(C(C)C)cc1. The molecule has 0 unspecified atom stereocenters. The van der Waals surface area contributed by atoms with Crippen molar-refractivity contribution in [3.8, 4) is 11.5 Å². The Hall–Kier alpha value is -3.02. The number of ether oxygens (including phenoxy) is 2. The zero-order chi connectivity index (χ0) is 22.8. The maximum atomic E-state index is 13.0. The third kappa shape index (κ3) is 7.31. The molecule has 168 valence electrons. The molecule has 0 aliphatic heterocycles. The summed E-state index contributed by atoms with van der Waals surface area (Å²) < 4.78 is 10.9. The molecule has 0 saturated carbocycles. The lowest BCUT2D eigenvalue weighted by molar-refractivity contribution is -0.142. The number of hydrogen-bond donors (Lipinski definition) is 1. The molecule has 0 aromatic heterocycles. The first-order valence-corrected chi connectivity index (χ1v) is 10.8. The molecule has 6 nitrogen and oxygen atoms in total. The molecule has 0 bridgehead atoms. The molecule has 2 amide bonds. The van der Waals surface area contributed by atoms with Crippen LogP contribution in [0.2, 0.25) is 0 Å². The van der Waals surface area contributed by atoms with E-state index in [0.717, 1.165) is 17.7 Å². The molecule has 1 atom stereocenters. The van der Waals surface area contributed by atoms with Crippen LogP contribution in [0.5, 0.6) is 11.5 Å². The summed E-state index contributed by atoms with van der Waals surface area (Å²) in [5.41, 5.74) is 2.12. The molecular formula is C25H34N2O4. The fourth-order valence-corrected chi connectivity index (χ4v) is 3.08. The molecule has 31 heavy (non-hydrogen) atoms. The Morgan fingerprint density at radius 3 is 2.13 bits per heavy atom. The minimum atomic E-state index is -0.618. The van der Waals surface area contributed by atoms with Gasteiger partial charge in [0.1, 0.15) is 17.5 Å². The van der Waals surface area contributed by atoms with Gasteiger partial charge in [-0.1, -0.05) is 45.0 Å². The van der Waals surface area contributed by atoms with Gasteiger partial charge in [0.2, 0.25) is 5.91 Å². The van der Waals surface area contributed by atoms with E-state index in [-0.39, 0.29) is 18.4 Å². The van der Waals surface area contributed by atoms with Crippen LogP contribution in [0.25, 0.3) is 0 Å². The lowest BCUT2D eigenvalue weighted by Crippen LogP contribution is -2.49. The molecule has 2 aromatic carbocycles. The maximum absolute atomic E-state index is 13.0. The van der Waals surface area contributed by atoms with E-state index in [0.29, 0.717) is 24.8 Å². The average Bonchev–Trinajstić information content (AvgIpc) is 2.79. The molecule has 2 aromatic rings. The van der Waals surface area contributed by atoms with Crippen molar-refractivity contribution in [2.45, 2.75) is 52.6 Å². The second kappa shape index (κ2) is 12.0. The zero-order valence-corrected chi connectivity index (χ0v) is 19.2. The quantitative estimate of drug-likeness (QED) is 0.586. The van der Waals surface area contributed by atoms with Gasteiger partial charge >= 0.3 is 0 Å². The van der Waals surface area contributed by atoms with Crippen molar-refractivity contribution in [1.29, 1.82) is 0 Å². The largest absolute Gasteiger partial charge is 0.497 e. The predicted molar refractivity (Wildman–Crippen MR) is 122 cm³/mol. The van der Waals surface area contributed by atoms with E-state index in [2.05, 4.69) is 19.2 Å². The Balaban J connectivity index is 2.11. The number of methoxy groups -OCH3 is 1. The van der Waals surface area contributed by atoms with Crippen LogP contribution < -0.4 is 14.8 Å². The van der Waals surface area contributed by atoms with Gasteiger partial charge in [0.05, 0.1) is 7.11 Å². The standard InChI is InChI=1S/C25H34N2O4/c1-6-15-26-25(29)19(4)27(16-20-7-11-22(30-5)12-8-20)24(28)17-31-23-13-9-21(10-14-23)18(2)3/h7-14,18-19H,6,15-17H2,1-5H3,(H,26,29)/t19-/m1/s1. The number of amides is 2. The van der Waals surface area contributed by atoms with Crippen LogP contribution in [0.4, 0.5) is 0 Å². The Bertz CT molecular complexity index is 832. The van der Waals surface area contributed by atoms with Crippen molar-refractivity contribution < 1.29 is 19.1 Å². The van der Waals surface area contributed by atoms with Crippen molar-refractivity contribution in [2.24, 2.45) is 0 Å². The van der Waals surface area contributed by atoms with E-state index < -0.39 is 6.04 Å². The highest BCUT2D eigenvalue weighted by atomic mass is 16.5. The molecule has 0 spiro atoms. The van der Waals surface area contributed by atoms with E-state index >= 15 is 0 Å². The lowest BCUT2D eigenvalue weighted by atomic mass is 10.0. The summed E-state index contributed by atoms with van der Waals surface area (Å²) in [6.07, 6.45) is 0.834. The third-order valence-electron chi connectivity index (χ3n) is 5.14. The van der Waals surface area contributed by atoms with Crippen LogP contribution in [-0.2, 0) is 16.1 Å². The van der Waals surface area contributed by atoms with E-state index in [1.54, 1.807) is 18.9 Å². The van der Waals surface area contributed by atoms with Crippen LogP contribution in [0.3, 0.4) is 0 Å². The topological polar surface area (TPSA) is 67.9 Å². The highest BCUT2D eigenvalue weighted by molar-refractivity contribution is 5.87. The summed E-state index contributed by atoms with van der Waals surface area (Å²) in [4.78, 5) is 27.1. The maximum Gasteiger partial charge on any atom is 0.261 e. The molecule has 0 fully saturated rings. The Morgan fingerprint density at radius 1 is 0.968 bits per heavy atom. The van der Waals surface area contributed by atoms with Gasteiger partial charge in [0.15, 0.2) is 6.61 Å². The van der Waals surface area contributed by atoms with Gasteiger partial charge in [-0.05, 0) is 54.7 Å². The summed E-state index contributed by atoms with van der Waals surface area (Å²) in [6, 6.07) is 14.6. The fourth-order valence-electron chi connectivity index (χ4n) is 3.08. The first-order chi connectivity index (χ1) is 14.8. The minimum absolute atomic E-state index is 0.136. The Morgan fingerprint density at radius 2 is 1.58 bits per heavy atom.